The van der Waals surface area contributed by atoms with E-state index in [2.05, 4.69) is 0 Å². The number of hydrogen-bond donors (Lipinski definition) is 1. The number of furan rings is 1. The van der Waals surface area contributed by atoms with E-state index in [1.54, 1.807) is 19.9 Å². The van der Waals surface area contributed by atoms with Crippen molar-refractivity contribution in [2.45, 2.75) is 117 Å². The zero-order chi connectivity index (χ0) is 38.3. The van der Waals surface area contributed by atoms with Crippen molar-refractivity contribution in [3.05, 3.63) is 47.0 Å². The average Bonchev–Trinajstić information content (AvgIpc) is 3.72. The van der Waals surface area contributed by atoms with Crippen LogP contribution in [0.4, 0.5) is 0 Å². The van der Waals surface area contributed by atoms with Crippen LogP contribution in [0, 0.1) is 28.1 Å². The van der Waals surface area contributed by atoms with Gasteiger partial charge in [0.05, 0.1) is 19.6 Å². The highest BCUT2D eigenvalue weighted by Gasteiger charge is 2.94. The lowest BCUT2D eigenvalue weighted by Crippen LogP contribution is -2.82. The van der Waals surface area contributed by atoms with E-state index in [9.17, 15) is 33.9 Å². The SMILES string of the molecule is CC=C(C)C(=O)O[C@H]1[C@]2(C)C[C@@]3(OC(C)=O)[C@](C)([C@H]4CC[C@]5(C)C(=C4[C@H](OC(C)=O)[C@@]13OC(C)=O)[C@@H](O)C(=O)O[C@H]5c1ccoc1)[C@H]2CC(=O)OC. The number of aliphatic hydroxyl groups excluding tert-OH is 1. The van der Waals surface area contributed by atoms with Gasteiger partial charge in [0.15, 0.2) is 23.9 Å². The van der Waals surface area contributed by atoms with Gasteiger partial charge in [0, 0.05) is 61.0 Å². The Morgan fingerprint density at radius 1 is 1.00 bits per heavy atom. The lowest BCUT2D eigenvalue weighted by Gasteiger charge is -2.69. The van der Waals surface area contributed by atoms with E-state index < -0.39 is 99.5 Å². The van der Waals surface area contributed by atoms with Crippen molar-refractivity contribution >= 4 is 35.8 Å². The van der Waals surface area contributed by atoms with Crippen LogP contribution in [-0.4, -0.2) is 77.5 Å². The molecule has 11 atom stereocenters. The minimum atomic E-state index is -2.28. The molecule has 6 rings (SSSR count). The van der Waals surface area contributed by atoms with Crippen LogP contribution in [0.15, 0.2) is 45.8 Å². The summed E-state index contributed by atoms with van der Waals surface area (Å²) >= 11 is 0. The van der Waals surface area contributed by atoms with Gasteiger partial charge in [-0.25, -0.2) is 9.59 Å². The lowest BCUT2D eigenvalue weighted by molar-refractivity contribution is -0.322. The smallest absolute Gasteiger partial charge is 0.339 e. The summed E-state index contributed by atoms with van der Waals surface area (Å²) in [6.07, 6.45) is -1.25. The topological polar surface area (TPSA) is 191 Å². The molecule has 0 unspecified atom stereocenters. The Morgan fingerprint density at radius 3 is 2.23 bits per heavy atom. The van der Waals surface area contributed by atoms with E-state index in [0.29, 0.717) is 18.4 Å². The lowest BCUT2D eigenvalue weighted by atomic mass is 9.40. The van der Waals surface area contributed by atoms with Crippen LogP contribution in [0.25, 0.3) is 0 Å². The van der Waals surface area contributed by atoms with Gasteiger partial charge in [-0.15, -0.1) is 0 Å². The molecule has 2 bridgehead atoms. The van der Waals surface area contributed by atoms with Crippen molar-refractivity contribution in [2.75, 3.05) is 7.11 Å². The van der Waals surface area contributed by atoms with Gasteiger partial charge in [0.1, 0.15) is 6.10 Å². The summed E-state index contributed by atoms with van der Waals surface area (Å²) in [5.74, 6) is -6.36. The van der Waals surface area contributed by atoms with E-state index >= 15 is 0 Å². The molecular weight excluding hydrogens is 680 g/mol. The van der Waals surface area contributed by atoms with Gasteiger partial charge in [0.25, 0.3) is 0 Å². The van der Waals surface area contributed by atoms with Crippen LogP contribution in [0.5, 0.6) is 0 Å². The first kappa shape index (κ1) is 37.3. The highest BCUT2D eigenvalue weighted by atomic mass is 16.7. The molecule has 1 aliphatic heterocycles. The number of carbonyl (C=O) groups is 6. The van der Waals surface area contributed by atoms with E-state index in [4.69, 9.17) is 32.8 Å². The Labute approximate surface area is 301 Å². The standard InChI is InChI=1S/C38H46O14/c1-10-18(2)31(44)50-33-35(7)17-37(51-20(4)40)36(8,24(35)15-25(42)46-9)23-11-13-34(6)27(28(43)32(45)49-29(34)22-12-14-47-16-22)26(23)30(48-19(3)39)38(33,37)52-21(5)41/h10,12,14,16,23-24,28-30,33,43H,11,13,15,17H2,1-9H3/t23-,24-,28+,29-,30-,33-,34+,35+,36+,37+,38+/m0/s1. The number of cyclic esters (lactones) is 1. The molecule has 3 saturated carbocycles. The number of allylic oxidation sites excluding steroid dienone is 1. The van der Waals surface area contributed by atoms with Gasteiger partial charge in [-0.2, -0.15) is 0 Å². The highest BCUT2D eigenvalue weighted by molar-refractivity contribution is 5.88. The summed E-state index contributed by atoms with van der Waals surface area (Å²) in [5, 5.41) is 11.9. The second kappa shape index (κ2) is 12.3. The fourth-order valence-corrected chi connectivity index (χ4v) is 11.1. The molecule has 5 aliphatic rings. The van der Waals surface area contributed by atoms with Crippen molar-refractivity contribution in [3.8, 4) is 0 Å². The second-order valence-corrected chi connectivity index (χ2v) is 15.5. The van der Waals surface area contributed by atoms with Gasteiger partial charge in [-0.3, -0.25) is 19.2 Å². The maximum atomic E-state index is 13.8. The molecule has 1 N–H and O–H groups in total. The van der Waals surface area contributed by atoms with Crippen LogP contribution >= 0.6 is 0 Å². The van der Waals surface area contributed by atoms with Crippen molar-refractivity contribution in [1.29, 1.82) is 0 Å². The first-order chi connectivity index (χ1) is 24.3. The molecule has 4 fully saturated rings. The van der Waals surface area contributed by atoms with Crippen molar-refractivity contribution in [3.63, 3.8) is 0 Å². The Balaban J connectivity index is 1.79. The Morgan fingerprint density at radius 2 is 1.67 bits per heavy atom. The second-order valence-electron chi connectivity index (χ2n) is 15.5. The summed E-state index contributed by atoms with van der Waals surface area (Å²) < 4.78 is 41.9. The molecule has 1 aromatic heterocycles. The first-order valence-electron chi connectivity index (χ1n) is 17.4. The number of rotatable bonds is 8. The molecule has 14 heteroatoms. The molecule has 282 valence electrons. The van der Waals surface area contributed by atoms with Crippen LogP contribution in [0.3, 0.4) is 0 Å². The van der Waals surface area contributed by atoms with Crippen LogP contribution in [0.2, 0.25) is 0 Å². The van der Waals surface area contributed by atoms with E-state index in [0.717, 1.165) is 13.8 Å². The first-order valence-corrected chi connectivity index (χ1v) is 17.4. The van der Waals surface area contributed by atoms with Gasteiger partial charge >= 0.3 is 35.8 Å². The van der Waals surface area contributed by atoms with Crippen LogP contribution in [0.1, 0.15) is 92.7 Å². The number of methoxy groups -OCH3 is 1. The number of ether oxygens (including phenoxy) is 6. The Kier molecular flexibility index (Phi) is 8.83. The van der Waals surface area contributed by atoms with Crippen LogP contribution in [-0.2, 0) is 57.2 Å². The van der Waals surface area contributed by atoms with Gasteiger partial charge in [0.2, 0.25) is 5.60 Å². The summed E-state index contributed by atoms with van der Waals surface area (Å²) in [6.45, 7) is 12.1. The molecule has 1 saturated heterocycles. The molecule has 4 aliphatic carbocycles. The summed E-state index contributed by atoms with van der Waals surface area (Å²) in [4.78, 5) is 81.1. The molecule has 0 amide bonds. The third-order valence-corrected chi connectivity index (χ3v) is 12.9. The Hall–Kier alpha value is -4.46. The zero-order valence-electron chi connectivity index (χ0n) is 30.9. The normalized spacial score (nSPS) is 40.2. The minimum absolute atomic E-state index is 0.0752. The molecule has 0 aromatic carbocycles. The van der Waals surface area contributed by atoms with Gasteiger partial charge < -0.3 is 37.9 Å². The molecule has 52 heavy (non-hydrogen) atoms. The van der Waals surface area contributed by atoms with Crippen molar-refractivity contribution < 1.29 is 66.7 Å². The van der Waals surface area contributed by atoms with E-state index in [1.165, 1.54) is 39.6 Å². The zero-order valence-corrected chi connectivity index (χ0v) is 30.9. The van der Waals surface area contributed by atoms with Gasteiger partial charge in [-0.05, 0) is 55.7 Å². The van der Waals surface area contributed by atoms with Crippen molar-refractivity contribution in [2.24, 2.45) is 28.1 Å². The van der Waals surface area contributed by atoms with Gasteiger partial charge in [-0.1, -0.05) is 26.8 Å². The summed E-state index contributed by atoms with van der Waals surface area (Å²) in [5.41, 5.74) is -6.76. The number of aliphatic hydroxyl groups is 1. The minimum Gasteiger partial charge on any atom is -0.472 e. The molecule has 1 aromatic rings. The fraction of sp³-hybridized carbons (Fsp3) is 0.632. The van der Waals surface area contributed by atoms with E-state index in [1.807, 2.05) is 13.8 Å². The van der Waals surface area contributed by atoms with Crippen molar-refractivity contribution in [1.82, 2.24) is 0 Å². The third kappa shape index (κ3) is 4.71. The quantitative estimate of drug-likeness (QED) is 0.175. The summed E-state index contributed by atoms with van der Waals surface area (Å²) in [7, 11) is 1.25. The maximum Gasteiger partial charge on any atom is 0.339 e. The number of hydrogen-bond acceptors (Lipinski definition) is 14. The van der Waals surface area contributed by atoms with Crippen LogP contribution < -0.4 is 0 Å². The molecular formula is C38H46O14. The number of carbonyl (C=O) groups excluding carboxylic acids is 6. The average molecular weight is 727 g/mol. The molecule has 14 nitrogen and oxygen atoms in total. The largest absolute Gasteiger partial charge is 0.472 e. The highest BCUT2D eigenvalue weighted by Crippen LogP contribution is 2.82. The molecule has 0 radical (unpaired) electrons. The molecule has 0 spiro atoms. The van der Waals surface area contributed by atoms with E-state index in [-0.39, 0.29) is 29.6 Å². The fourth-order valence-electron chi connectivity index (χ4n) is 11.1. The summed E-state index contributed by atoms with van der Waals surface area (Å²) in [6, 6.07) is 1.65. The predicted molar refractivity (Wildman–Crippen MR) is 176 cm³/mol. The Bertz CT molecular complexity index is 1790. The maximum absolute atomic E-state index is 13.8. The number of fused-ring (bicyclic) bond motifs is 4. The molecule has 2 heterocycles. The monoisotopic (exact) mass is 726 g/mol. The third-order valence-electron chi connectivity index (χ3n) is 12.9. The number of esters is 6. The predicted octanol–water partition coefficient (Wildman–Crippen LogP) is 3.99.